The van der Waals surface area contributed by atoms with Gasteiger partial charge in [0.2, 0.25) is 0 Å². The van der Waals surface area contributed by atoms with Gasteiger partial charge in [0.1, 0.15) is 5.75 Å². The summed E-state index contributed by atoms with van der Waals surface area (Å²) >= 11 is 0. The second-order valence-electron chi connectivity index (χ2n) is 9.84. The Kier molecular flexibility index (Phi) is 7.17. The summed E-state index contributed by atoms with van der Waals surface area (Å²) in [6.07, 6.45) is 0. The molecule has 2 aliphatic carbocycles. The fourth-order valence-electron chi connectivity index (χ4n) is 6.17. The summed E-state index contributed by atoms with van der Waals surface area (Å²) in [6.45, 7) is 10.0. The molecule has 4 rings (SSSR count). The van der Waals surface area contributed by atoms with Crippen LogP contribution in [0, 0.1) is 16.2 Å². The summed E-state index contributed by atoms with van der Waals surface area (Å²) < 4.78 is 5.32. The molecule has 1 amide bonds. The first-order chi connectivity index (χ1) is 15.4. The number of carbonyl (C=O) groups is 2. The maximum absolute atomic E-state index is 14.0. The molecule has 0 saturated heterocycles. The van der Waals surface area contributed by atoms with E-state index in [-0.39, 0.29) is 62.9 Å². The predicted octanol–water partition coefficient (Wildman–Crippen LogP) is 1.25. The number of ether oxygens (including phenoxy) is 1. The van der Waals surface area contributed by atoms with Gasteiger partial charge in [0.25, 0.3) is 5.91 Å². The fourth-order valence-corrected chi connectivity index (χ4v) is 6.17. The number of hydrogen-bond donors (Lipinski definition) is 0. The van der Waals surface area contributed by atoms with Crippen LogP contribution in [-0.4, -0.2) is 26.0 Å². The van der Waals surface area contributed by atoms with E-state index in [1.54, 1.807) is 14.2 Å². The van der Waals surface area contributed by atoms with E-state index in [1.807, 2.05) is 75.4 Å². The monoisotopic (exact) mass is 483 g/mol. The number of carbonyl (C=O) groups excluding carboxylic acids is 2. The van der Waals surface area contributed by atoms with Crippen LogP contribution in [0.5, 0.6) is 5.75 Å². The average Bonchev–Trinajstić information content (AvgIpc) is 3.02. The van der Waals surface area contributed by atoms with Crippen LogP contribution in [0.1, 0.15) is 40.2 Å². The van der Waals surface area contributed by atoms with Gasteiger partial charge >= 0.3 is 51.4 Å². The van der Waals surface area contributed by atoms with Gasteiger partial charge in [-0.15, -0.1) is 0 Å². The molecule has 2 aromatic carbocycles. The number of allylic oxidation sites excluding steroid dienone is 2. The molecule has 0 radical (unpaired) electrons. The normalized spacial score (nSPS) is 24.7. The smallest absolute Gasteiger partial charge is 0.545 e. The summed E-state index contributed by atoms with van der Waals surface area (Å²) in [5.74, 6) is -0.868. The van der Waals surface area contributed by atoms with Gasteiger partial charge in [-0.05, 0) is 53.3 Å². The molecule has 2 aliphatic rings. The van der Waals surface area contributed by atoms with Crippen molar-refractivity contribution in [2.75, 3.05) is 19.1 Å². The molecule has 172 valence electrons. The number of anilines is 1. The Labute approximate surface area is 244 Å². The molecule has 34 heavy (non-hydrogen) atoms. The quantitative estimate of drug-likeness (QED) is 0.601. The number of rotatable bonds is 5. The van der Waals surface area contributed by atoms with Crippen molar-refractivity contribution >= 4 is 23.1 Å². The van der Waals surface area contributed by atoms with Crippen molar-refractivity contribution in [1.82, 2.24) is 0 Å². The summed E-state index contributed by atoms with van der Waals surface area (Å²) in [7, 11) is 3.31. The molecule has 0 unspecified atom stereocenters. The molecule has 0 N–H and O–H groups in total. The van der Waals surface area contributed by atoms with Crippen LogP contribution in [0.3, 0.4) is 0 Å². The van der Waals surface area contributed by atoms with Crippen molar-refractivity contribution in [3.8, 4) is 5.75 Å². The SMILES string of the molecule is COc1ccc(C2=C(C)[C@@]3(C)C(C(=O)[O-])=C(C(=O)N(C)c4ccccc4)[C@]2(C)C3(C)C)cc1.[K+]. The molecule has 0 fully saturated rings. The molecule has 0 saturated carbocycles. The van der Waals surface area contributed by atoms with Crippen molar-refractivity contribution in [1.29, 1.82) is 0 Å². The number of methoxy groups -OCH3 is 1. The van der Waals surface area contributed by atoms with Crippen LogP contribution in [0.25, 0.3) is 5.57 Å². The Morgan fingerprint density at radius 3 is 1.94 bits per heavy atom. The Balaban J connectivity index is 0.00000324. The third-order valence-electron chi connectivity index (χ3n) is 8.62. The van der Waals surface area contributed by atoms with Crippen LogP contribution >= 0.6 is 0 Å². The molecule has 0 spiro atoms. The molecule has 0 aromatic heterocycles. The molecular weight excluding hydrogens is 453 g/mol. The molecule has 2 aromatic rings. The van der Waals surface area contributed by atoms with Gasteiger partial charge in [0, 0.05) is 29.1 Å². The minimum Gasteiger partial charge on any atom is -0.545 e. The number of fused-ring (bicyclic) bond motifs is 2. The number of carboxylic acid groups (broad SMARTS) is 1. The van der Waals surface area contributed by atoms with Crippen LogP contribution in [0.2, 0.25) is 0 Å². The second-order valence-corrected chi connectivity index (χ2v) is 9.84. The zero-order valence-corrected chi connectivity index (χ0v) is 24.4. The van der Waals surface area contributed by atoms with Crippen LogP contribution in [0.4, 0.5) is 5.69 Å². The van der Waals surface area contributed by atoms with E-state index in [4.69, 9.17) is 4.74 Å². The molecule has 2 atom stereocenters. The van der Waals surface area contributed by atoms with Crippen molar-refractivity contribution in [3.63, 3.8) is 0 Å². The van der Waals surface area contributed by atoms with Gasteiger partial charge in [-0.3, -0.25) is 4.79 Å². The largest absolute Gasteiger partial charge is 1.00 e. The topological polar surface area (TPSA) is 69.7 Å². The maximum atomic E-state index is 14.0. The van der Waals surface area contributed by atoms with Crippen molar-refractivity contribution in [3.05, 3.63) is 76.9 Å². The van der Waals surface area contributed by atoms with Gasteiger partial charge in [0.05, 0.1) is 13.1 Å². The Bertz CT molecular complexity index is 1210. The van der Waals surface area contributed by atoms with Gasteiger partial charge in [-0.2, -0.15) is 0 Å². The summed E-state index contributed by atoms with van der Waals surface area (Å²) in [5.41, 5.74) is 1.73. The summed E-state index contributed by atoms with van der Waals surface area (Å²) in [6, 6.07) is 17.0. The van der Waals surface area contributed by atoms with Crippen LogP contribution in [0.15, 0.2) is 71.3 Å². The van der Waals surface area contributed by atoms with Gasteiger partial charge in [-0.25, -0.2) is 0 Å². The number of hydrogen-bond acceptors (Lipinski definition) is 4. The number of nitrogens with zero attached hydrogens (tertiary/aromatic N) is 1. The van der Waals surface area contributed by atoms with E-state index in [0.29, 0.717) is 11.3 Å². The van der Waals surface area contributed by atoms with Crippen molar-refractivity contribution < 1.29 is 70.8 Å². The minimum atomic E-state index is -1.28. The van der Waals surface area contributed by atoms with E-state index in [2.05, 4.69) is 13.8 Å². The number of carboxylic acids is 1. The molecule has 6 heteroatoms. The first-order valence-corrected chi connectivity index (χ1v) is 11.1. The molecule has 0 aliphatic heterocycles. The van der Waals surface area contributed by atoms with Gasteiger partial charge < -0.3 is 19.5 Å². The first kappa shape index (κ1) is 26.9. The molecule has 0 heterocycles. The first-order valence-electron chi connectivity index (χ1n) is 11.1. The maximum Gasteiger partial charge on any atom is 1.00 e. The van der Waals surface area contributed by atoms with E-state index >= 15 is 0 Å². The third-order valence-corrected chi connectivity index (χ3v) is 8.62. The number of benzene rings is 2. The third kappa shape index (κ3) is 3.34. The number of aliphatic carboxylic acids is 1. The zero-order chi connectivity index (χ0) is 24.3. The Morgan fingerprint density at radius 1 is 0.882 bits per heavy atom. The van der Waals surface area contributed by atoms with Gasteiger partial charge in [0.15, 0.2) is 0 Å². The number of amides is 1. The zero-order valence-electron chi connectivity index (χ0n) is 21.3. The van der Waals surface area contributed by atoms with Crippen LogP contribution in [-0.2, 0) is 9.59 Å². The van der Waals surface area contributed by atoms with Crippen molar-refractivity contribution in [2.24, 2.45) is 16.2 Å². The summed E-state index contributed by atoms with van der Waals surface area (Å²) in [5, 5.41) is 12.6. The second kappa shape index (κ2) is 9.06. The molecule has 5 nitrogen and oxygen atoms in total. The average molecular weight is 484 g/mol. The standard InChI is InChI=1S/C28H31NO4.K/c1-17-21(18-13-15-20(33-7)16-14-18)28(5)22(23(25(31)32)27(17,4)26(28,2)3)24(30)29(6)19-11-9-8-10-12-19;/h8-16H,1-7H3,(H,31,32);/q;+1/p-1/t27-,28+;/m0./s1. The number of likely N-dealkylation sites (N-methyl/N-ethyl adjacent to an activating group) is 1. The van der Waals surface area contributed by atoms with E-state index in [9.17, 15) is 14.7 Å². The number of para-hydroxylation sites is 1. The molecular formula is C28H30KNO4. The fraction of sp³-hybridized carbons (Fsp3) is 0.357. The van der Waals surface area contributed by atoms with E-state index in [0.717, 1.165) is 22.5 Å². The van der Waals surface area contributed by atoms with E-state index < -0.39 is 22.2 Å². The van der Waals surface area contributed by atoms with E-state index in [1.165, 1.54) is 4.90 Å². The molecule has 2 bridgehead atoms. The van der Waals surface area contributed by atoms with Gasteiger partial charge in [-0.1, -0.05) is 63.6 Å². The van der Waals surface area contributed by atoms with Crippen LogP contribution < -0.4 is 66.1 Å². The van der Waals surface area contributed by atoms with Crippen molar-refractivity contribution in [2.45, 2.75) is 34.6 Å². The summed E-state index contributed by atoms with van der Waals surface area (Å²) in [4.78, 5) is 28.1. The minimum absolute atomic E-state index is 0. The Morgan fingerprint density at radius 2 is 1.44 bits per heavy atom. The Hall–Kier alpha value is -1.70. The predicted molar refractivity (Wildman–Crippen MR) is 127 cm³/mol.